The second kappa shape index (κ2) is 5.21. The zero-order valence-corrected chi connectivity index (χ0v) is 13.0. The van der Waals surface area contributed by atoms with Crippen LogP contribution in [0.3, 0.4) is 0 Å². The van der Waals surface area contributed by atoms with Crippen LogP contribution in [0.1, 0.15) is 6.42 Å². The smallest absolute Gasteiger partial charge is 0.331 e. The van der Waals surface area contributed by atoms with E-state index < -0.39 is 16.0 Å². The highest BCUT2D eigenvalue weighted by Crippen LogP contribution is 2.45. The number of epoxide rings is 1. The van der Waals surface area contributed by atoms with Crippen LogP contribution in [0.4, 0.5) is 21.5 Å². The van der Waals surface area contributed by atoms with E-state index in [1.807, 2.05) is 0 Å². The van der Waals surface area contributed by atoms with Crippen molar-refractivity contribution in [1.29, 1.82) is 0 Å². The maximum atomic E-state index is 14.2. The summed E-state index contributed by atoms with van der Waals surface area (Å²) < 4.78 is 47.7. The molecule has 7 heteroatoms. The van der Waals surface area contributed by atoms with Crippen LogP contribution in [0.25, 0.3) is 0 Å². The Kier molecular flexibility index (Phi) is 3.28. The van der Waals surface area contributed by atoms with Crippen LogP contribution in [0.15, 0.2) is 48.5 Å². The number of hydrogen-bond donors (Lipinski definition) is 0. The predicted molar refractivity (Wildman–Crippen MR) is 85.6 cm³/mol. The van der Waals surface area contributed by atoms with E-state index in [0.29, 0.717) is 30.9 Å². The van der Waals surface area contributed by atoms with Crippen molar-refractivity contribution in [2.45, 2.75) is 12.5 Å². The summed E-state index contributed by atoms with van der Waals surface area (Å²) in [5, 5.41) is 0. The molecule has 0 spiro atoms. The molecule has 1 saturated heterocycles. The van der Waals surface area contributed by atoms with E-state index in [1.54, 1.807) is 30.3 Å². The normalized spacial score (nSPS) is 21.3. The molecule has 0 N–H and O–H groups in total. The third-order valence-corrected chi connectivity index (χ3v) is 5.80. The number of benzene rings is 2. The molecule has 2 aromatic carbocycles. The molecular formula is C16H15FN2O3S. The summed E-state index contributed by atoms with van der Waals surface area (Å²) in [5.74, 6) is -0.571. The third-order valence-electron chi connectivity index (χ3n) is 4.01. The molecular weight excluding hydrogens is 319 g/mol. The SMILES string of the molecule is O=S1(=O)N(CCC2CO2)c2ccccc2N1c1ccccc1F. The molecule has 0 radical (unpaired) electrons. The first-order chi connectivity index (χ1) is 11.1. The van der Waals surface area contributed by atoms with E-state index in [-0.39, 0.29) is 11.8 Å². The molecule has 2 aliphatic rings. The minimum atomic E-state index is -3.86. The number of anilines is 3. The molecule has 0 bridgehead atoms. The van der Waals surface area contributed by atoms with E-state index in [1.165, 1.54) is 22.5 Å². The van der Waals surface area contributed by atoms with Gasteiger partial charge in [0.2, 0.25) is 0 Å². The Balaban J connectivity index is 1.81. The lowest BCUT2D eigenvalue weighted by Gasteiger charge is -2.21. The second-order valence-corrected chi connectivity index (χ2v) is 7.23. The highest BCUT2D eigenvalue weighted by Gasteiger charge is 2.42. The van der Waals surface area contributed by atoms with E-state index in [9.17, 15) is 12.8 Å². The van der Waals surface area contributed by atoms with Gasteiger partial charge in [0.05, 0.1) is 29.8 Å². The number of hydrogen-bond acceptors (Lipinski definition) is 3. The zero-order valence-electron chi connectivity index (χ0n) is 12.2. The summed E-state index contributed by atoms with van der Waals surface area (Å²) >= 11 is 0. The van der Waals surface area contributed by atoms with Crippen molar-refractivity contribution in [2.75, 3.05) is 21.8 Å². The van der Waals surface area contributed by atoms with Gasteiger partial charge in [-0.15, -0.1) is 0 Å². The van der Waals surface area contributed by atoms with Gasteiger partial charge >= 0.3 is 10.2 Å². The Morgan fingerprint density at radius 2 is 1.65 bits per heavy atom. The zero-order chi connectivity index (χ0) is 16.0. The lowest BCUT2D eigenvalue weighted by molar-refractivity contribution is 0.399. The average Bonchev–Trinajstić information content (AvgIpc) is 3.31. The topological polar surface area (TPSA) is 53.2 Å². The van der Waals surface area contributed by atoms with Crippen LogP contribution in [-0.2, 0) is 14.9 Å². The molecule has 1 unspecified atom stereocenters. The molecule has 2 heterocycles. The number of fused-ring (bicyclic) bond motifs is 1. The number of rotatable bonds is 4. The second-order valence-electron chi connectivity index (χ2n) is 5.53. The molecule has 4 rings (SSSR count). The molecule has 1 fully saturated rings. The minimum absolute atomic E-state index is 0.0325. The van der Waals surface area contributed by atoms with Crippen molar-refractivity contribution >= 4 is 27.3 Å². The largest absolute Gasteiger partial charge is 0.373 e. The number of halogens is 1. The van der Waals surface area contributed by atoms with Crippen molar-refractivity contribution in [3.05, 3.63) is 54.3 Å². The van der Waals surface area contributed by atoms with Crippen molar-refractivity contribution < 1.29 is 17.5 Å². The minimum Gasteiger partial charge on any atom is -0.373 e. The monoisotopic (exact) mass is 334 g/mol. The van der Waals surface area contributed by atoms with Crippen LogP contribution in [0, 0.1) is 5.82 Å². The highest BCUT2D eigenvalue weighted by molar-refractivity contribution is 7.95. The molecule has 2 aromatic rings. The fraction of sp³-hybridized carbons (Fsp3) is 0.250. The van der Waals surface area contributed by atoms with Crippen LogP contribution in [0.2, 0.25) is 0 Å². The van der Waals surface area contributed by atoms with Crippen molar-refractivity contribution in [3.8, 4) is 0 Å². The Morgan fingerprint density at radius 3 is 2.30 bits per heavy atom. The fourth-order valence-corrected chi connectivity index (χ4v) is 4.53. The third kappa shape index (κ3) is 2.36. The van der Waals surface area contributed by atoms with E-state index in [4.69, 9.17) is 4.74 Å². The van der Waals surface area contributed by atoms with E-state index in [0.717, 1.165) is 4.31 Å². The van der Waals surface area contributed by atoms with Gasteiger partial charge in [0.25, 0.3) is 0 Å². The maximum absolute atomic E-state index is 14.2. The van der Waals surface area contributed by atoms with Crippen molar-refractivity contribution in [2.24, 2.45) is 0 Å². The Hall–Kier alpha value is -2.12. The summed E-state index contributed by atoms with van der Waals surface area (Å²) in [5.41, 5.74) is 1.07. The molecule has 1 atom stereocenters. The molecule has 23 heavy (non-hydrogen) atoms. The van der Waals surface area contributed by atoms with Gasteiger partial charge in [-0.2, -0.15) is 8.42 Å². The summed E-state index contributed by atoms with van der Waals surface area (Å²) in [4.78, 5) is 0. The van der Waals surface area contributed by atoms with Crippen LogP contribution < -0.4 is 8.61 Å². The summed E-state index contributed by atoms with van der Waals surface area (Å²) in [7, 11) is -3.86. The lowest BCUT2D eigenvalue weighted by Crippen LogP contribution is -2.36. The number of para-hydroxylation sites is 3. The molecule has 0 saturated carbocycles. The molecule has 0 amide bonds. The summed E-state index contributed by atoms with van der Waals surface area (Å²) in [6.45, 7) is 0.988. The highest BCUT2D eigenvalue weighted by atomic mass is 32.2. The average molecular weight is 334 g/mol. The molecule has 120 valence electrons. The van der Waals surface area contributed by atoms with Gasteiger partial charge in [-0.3, -0.25) is 4.31 Å². The van der Waals surface area contributed by atoms with Gasteiger partial charge in [0.1, 0.15) is 5.82 Å². The van der Waals surface area contributed by atoms with Crippen molar-refractivity contribution in [3.63, 3.8) is 0 Å². The van der Waals surface area contributed by atoms with E-state index in [2.05, 4.69) is 0 Å². The lowest BCUT2D eigenvalue weighted by atomic mass is 10.2. The predicted octanol–water partition coefficient (Wildman–Crippen LogP) is 2.82. The summed E-state index contributed by atoms with van der Waals surface area (Å²) in [6, 6.07) is 12.8. The van der Waals surface area contributed by atoms with Gasteiger partial charge < -0.3 is 4.74 Å². The van der Waals surface area contributed by atoms with Gasteiger partial charge in [-0.05, 0) is 30.7 Å². The Morgan fingerprint density at radius 1 is 1.04 bits per heavy atom. The van der Waals surface area contributed by atoms with Gasteiger partial charge in [-0.1, -0.05) is 24.3 Å². The van der Waals surface area contributed by atoms with Gasteiger partial charge in [0, 0.05) is 6.54 Å². The van der Waals surface area contributed by atoms with Crippen LogP contribution >= 0.6 is 0 Å². The number of nitrogens with zero attached hydrogens (tertiary/aromatic N) is 2. The van der Waals surface area contributed by atoms with Crippen LogP contribution in [-0.4, -0.2) is 27.7 Å². The quantitative estimate of drug-likeness (QED) is 0.808. The van der Waals surface area contributed by atoms with Crippen LogP contribution in [0.5, 0.6) is 0 Å². The van der Waals surface area contributed by atoms with Gasteiger partial charge in [0.15, 0.2) is 0 Å². The standard InChI is InChI=1S/C16H15FN2O3S/c17-13-5-1-2-6-14(13)19-16-8-4-3-7-15(16)18(23(19,20)21)10-9-12-11-22-12/h1-8,12H,9-11H2. The fourth-order valence-electron chi connectivity index (χ4n) is 2.80. The van der Waals surface area contributed by atoms with E-state index >= 15 is 0 Å². The van der Waals surface area contributed by atoms with Crippen molar-refractivity contribution in [1.82, 2.24) is 0 Å². The molecule has 5 nitrogen and oxygen atoms in total. The number of ether oxygens (including phenoxy) is 1. The molecule has 0 aliphatic carbocycles. The first kappa shape index (κ1) is 14.5. The Bertz CT molecular complexity index is 852. The molecule has 0 aromatic heterocycles. The maximum Gasteiger partial charge on any atom is 0.331 e. The summed E-state index contributed by atoms with van der Waals surface area (Å²) in [6.07, 6.45) is 0.749. The first-order valence-corrected chi connectivity index (χ1v) is 8.77. The van der Waals surface area contributed by atoms with Gasteiger partial charge in [-0.25, -0.2) is 8.70 Å². The first-order valence-electron chi connectivity index (χ1n) is 7.37. The Labute approximate surface area is 134 Å². The molecule has 2 aliphatic heterocycles.